The third kappa shape index (κ3) is 5.18. The van der Waals surface area contributed by atoms with E-state index in [1.165, 1.54) is 37.5 Å². The summed E-state index contributed by atoms with van der Waals surface area (Å²) < 4.78 is 10.9. The van der Waals surface area contributed by atoms with Crippen LogP contribution in [0.15, 0.2) is 60.7 Å². The number of esters is 1. The van der Waals surface area contributed by atoms with E-state index in [1.54, 1.807) is 38.1 Å². The average Bonchev–Trinajstić information content (AvgIpc) is 3.11. The van der Waals surface area contributed by atoms with Gasteiger partial charge in [-0.25, -0.2) is 4.79 Å². The number of hydrogen-bond acceptors (Lipinski definition) is 7. The van der Waals surface area contributed by atoms with Gasteiger partial charge in [-0.2, -0.15) is 5.26 Å². The van der Waals surface area contributed by atoms with E-state index in [4.69, 9.17) is 9.47 Å². The number of nitrogens with one attached hydrogen (secondary N) is 1. The van der Waals surface area contributed by atoms with Crippen LogP contribution in [0.4, 0.5) is 0 Å². The van der Waals surface area contributed by atoms with Crippen LogP contribution in [0.1, 0.15) is 40.1 Å². The summed E-state index contributed by atoms with van der Waals surface area (Å²) in [5, 5.41) is 11.8. The molecule has 1 atom stereocenters. The Balaban J connectivity index is 1.86. The van der Waals surface area contributed by atoms with Crippen molar-refractivity contribution < 1.29 is 28.7 Å². The number of benzene rings is 2. The van der Waals surface area contributed by atoms with Gasteiger partial charge in [0.05, 0.1) is 18.2 Å². The Morgan fingerprint density at radius 1 is 1.11 bits per heavy atom. The summed E-state index contributed by atoms with van der Waals surface area (Å²) in [6, 6.07) is 11.5. The fourth-order valence-electron chi connectivity index (χ4n) is 3.74. The maximum Gasteiger partial charge on any atom is 0.335 e. The Morgan fingerprint density at radius 3 is 2.28 bits per heavy atom. The van der Waals surface area contributed by atoms with Gasteiger partial charge in [0.1, 0.15) is 17.7 Å². The Labute approximate surface area is 208 Å². The summed E-state index contributed by atoms with van der Waals surface area (Å²) in [7, 11) is 1.37. The third-order valence-electron chi connectivity index (χ3n) is 5.46. The lowest BCUT2D eigenvalue weighted by atomic mass is 10.0. The van der Waals surface area contributed by atoms with Crippen molar-refractivity contribution in [3.05, 3.63) is 77.4 Å². The second-order valence-electron chi connectivity index (χ2n) is 8.21. The van der Waals surface area contributed by atoms with Gasteiger partial charge in [0.25, 0.3) is 17.7 Å². The van der Waals surface area contributed by atoms with Gasteiger partial charge in [-0.1, -0.05) is 38.1 Å². The van der Waals surface area contributed by atoms with Crippen LogP contribution in [0.3, 0.4) is 0 Å². The molecular formula is C27H25N3O6. The molecule has 9 nitrogen and oxygen atoms in total. The fourth-order valence-corrected chi connectivity index (χ4v) is 3.74. The molecule has 3 rings (SSSR count). The van der Waals surface area contributed by atoms with E-state index < -0.39 is 35.7 Å². The number of methoxy groups -OCH3 is 1. The number of hydrogen-bond donors (Lipinski definition) is 1. The van der Waals surface area contributed by atoms with Crippen molar-refractivity contribution in [1.82, 2.24) is 10.2 Å². The molecule has 2 aromatic rings. The smallest absolute Gasteiger partial charge is 0.335 e. The summed E-state index contributed by atoms with van der Waals surface area (Å²) in [4.78, 5) is 52.1. The van der Waals surface area contributed by atoms with Gasteiger partial charge in [-0.05, 0) is 41.8 Å². The molecule has 0 bridgehead atoms. The molecule has 184 valence electrons. The molecular weight excluding hydrogens is 462 g/mol. The number of ether oxygens (including phenoxy) is 2. The van der Waals surface area contributed by atoms with Gasteiger partial charge >= 0.3 is 5.97 Å². The topological polar surface area (TPSA) is 126 Å². The monoisotopic (exact) mass is 487 g/mol. The first-order valence-electron chi connectivity index (χ1n) is 11.1. The van der Waals surface area contributed by atoms with Crippen molar-refractivity contribution in [3.8, 4) is 17.6 Å². The predicted molar refractivity (Wildman–Crippen MR) is 131 cm³/mol. The van der Waals surface area contributed by atoms with E-state index in [2.05, 4.69) is 11.9 Å². The van der Waals surface area contributed by atoms with E-state index >= 15 is 0 Å². The number of carbonyl (C=O) groups is 4. The van der Waals surface area contributed by atoms with Crippen LogP contribution in [-0.2, 0) is 9.59 Å². The standard InChI is InChI=1S/C27H25N3O6/c1-5-12-29-24(31)18(15-28)13-17-10-11-21(22(14-17)35-4)36-27(34)23(16(2)3)30-25(32)19-8-6-7-9-20(19)26(30)33/h5-11,13-14,16,23H,1,12H2,2-4H3,(H,29,31)/b18-13+. The van der Waals surface area contributed by atoms with E-state index in [1.807, 2.05) is 6.07 Å². The van der Waals surface area contributed by atoms with Crippen LogP contribution in [0.2, 0.25) is 0 Å². The van der Waals surface area contributed by atoms with Gasteiger partial charge in [0.2, 0.25) is 0 Å². The van der Waals surface area contributed by atoms with Gasteiger partial charge in [-0.15, -0.1) is 6.58 Å². The van der Waals surface area contributed by atoms with E-state index in [0.29, 0.717) is 5.56 Å². The minimum atomic E-state index is -1.17. The number of imide groups is 1. The first kappa shape index (κ1) is 25.9. The second kappa shape index (κ2) is 11.1. The largest absolute Gasteiger partial charge is 0.493 e. The maximum absolute atomic E-state index is 13.2. The molecule has 0 fully saturated rings. The Hall–Kier alpha value is -4.71. The summed E-state index contributed by atoms with van der Waals surface area (Å²) in [6.45, 7) is 7.14. The molecule has 1 heterocycles. The second-order valence-corrected chi connectivity index (χ2v) is 8.21. The molecule has 3 amide bonds. The summed E-state index contributed by atoms with van der Waals surface area (Å²) in [5.74, 6) is -2.70. The van der Waals surface area contributed by atoms with Crippen molar-refractivity contribution in [1.29, 1.82) is 5.26 Å². The summed E-state index contributed by atoms with van der Waals surface area (Å²) >= 11 is 0. The molecule has 2 aromatic carbocycles. The van der Waals surface area contributed by atoms with Crippen molar-refractivity contribution in [2.45, 2.75) is 19.9 Å². The van der Waals surface area contributed by atoms with Gasteiger partial charge in [0.15, 0.2) is 11.5 Å². The van der Waals surface area contributed by atoms with Crippen molar-refractivity contribution in [2.24, 2.45) is 5.92 Å². The van der Waals surface area contributed by atoms with Crippen LogP contribution in [-0.4, -0.2) is 48.3 Å². The van der Waals surface area contributed by atoms with E-state index in [-0.39, 0.29) is 34.7 Å². The van der Waals surface area contributed by atoms with Crippen molar-refractivity contribution in [3.63, 3.8) is 0 Å². The zero-order chi connectivity index (χ0) is 26.4. The molecule has 9 heteroatoms. The summed E-state index contributed by atoms with van der Waals surface area (Å²) in [6.07, 6.45) is 2.85. The van der Waals surface area contributed by atoms with Crippen LogP contribution >= 0.6 is 0 Å². The molecule has 1 unspecified atom stereocenters. The van der Waals surface area contributed by atoms with Crippen molar-refractivity contribution in [2.75, 3.05) is 13.7 Å². The molecule has 36 heavy (non-hydrogen) atoms. The minimum absolute atomic E-state index is 0.0523. The number of carbonyl (C=O) groups excluding carboxylic acids is 4. The Morgan fingerprint density at radius 2 is 1.75 bits per heavy atom. The van der Waals surface area contributed by atoms with Gasteiger partial charge in [0, 0.05) is 6.54 Å². The number of rotatable bonds is 9. The van der Waals surface area contributed by atoms with Crippen LogP contribution in [0, 0.1) is 17.2 Å². The molecule has 0 aliphatic carbocycles. The van der Waals surface area contributed by atoms with E-state index in [9.17, 15) is 24.4 Å². The number of nitriles is 1. The number of nitrogens with zero attached hydrogens (tertiary/aromatic N) is 2. The minimum Gasteiger partial charge on any atom is -0.493 e. The first-order valence-corrected chi connectivity index (χ1v) is 11.1. The van der Waals surface area contributed by atoms with Crippen LogP contribution in [0.25, 0.3) is 6.08 Å². The molecule has 1 aliphatic heterocycles. The zero-order valence-corrected chi connectivity index (χ0v) is 20.1. The molecule has 0 spiro atoms. The zero-order valence-electron chi connectivity index (χ0n) is 20.1. The first-order chi connectivity index (χ1) is 17.2. The predicted octanol–water partition coefficient (Wildman–Crippen LogP) is 3.13. The SMILES string of the molecule is C=CCNC(=O)/C(C#N)=C/c1ccc(OC(=O)C(C(C)C)N2C(=O)c3ccccc3C2=O)c(OC)c1. The lowest BCUT2D eigenvalue weighted by molar-refractivity contribution is -0.140. The number of fused-ring (bicyclic) bond motifs is 1. The maximum atomic E-state index is 13.2. The lowest BCUT2D eigenvalue weighted by Crippen LogP contribution is -2.49. The highest BCUT2D eigenvalue weighted by Gasteiger charge is 2.45. The molecule has 0 saturated carbocycles. The third-order valence-corrected chi connectivity index (χ3v) is 5.46. The molecule has 0 saturated heterocycles. The fraction of sp³-hybridized carbons (Fsp3) is 0.222. The highest BCUT2D eigenvalue weighted by molar-refractivity contribution is 6.22. The Kier molecular flexibility index (Phi) is 8.02. The highest BCUT2D eigenvalue weighted by atomic mass is 16.6. The summed E-state index contributed by atoms with van der Waals surface area (Å²) in [5.41, 5.74) is 0.798. The van der Waals surface area contributed by atoms with Crippen molar-refractivity contribution >= 4 is 29.8 Å². The van der Waals surface area contributed by atoms with E-state index in [0.717, 1.165) is 4.90 Å². The number of amides is 3. The molecule has 1 aliphatic rings. The quantitative estimate of drug-likeness (QED) is 0.144. The van der Waals surface area contributed by atoms with Gasteiger partial charge < -0.3 is 14.8 Å². The average molecular weight is 488 g/mol. The van der Waals surface area contributed by atoms with Crippen LogP contribution < -0.4 is 14.8 Å². The highest BCUT2D eigenvalue weighted by Crippen LogP contribution is 2.32. The Bertz CT molecular complexity index is 1270. The molecule has 0 radical (unpaired) electrons. The normalized spacial score (nSPS) is 13.6. The lowest BCUT2D eigenvalue weighted by Gasteiger charge is -2.27. The molecule has 1 N–H and O–H groups in total. The van der Waals surface area contributed by atoms with Gasteiger partial charge in [-0.3, -0.25) is 19.3 Å². The molecule has 0 aromatic heterocycles. The van der Waals surface area contributed by atoms with Crippen LogP contribution in [0.5, 0.6) is 11.5 Å².